The topological polar surface area (TPSA) is 58.8 Å². The quantitative estimate of drug-likeness (QED) is 0.748. The Labute approximate surface area is 172 Å². The standard InChI is InChI=1S/C23H31N3O3/c1-18(2)14-25-15-20(22-24-10-13-28-22)23(17-25)8-11-26(12-9-23)21(27)16-29-19-6-4-3-5-7-19/h3-7,10,13,18,20H,8-9,11-12,14-17H2,1-2H3. The second kappa shape index (κ2) is 8.57. The molecule has 2 saturated heterocycles. The van der Waals surface area contributed by atoms with Crippen LogP contribution < -0.4 is 4.74 Å². The van der Waals surface area contributed by atoms with Gasteiger partial charge in [-0.05, 0) is 36.3 Å². The molecule has 1 unspecified atom stereocenters. The number of hydrogen-bond donors (Lipinski definition) is 0. The molecule has 1 aromatic heterocycles. The normalized spacial score (nSPS) is 21.8. The summed E-state index contributed by atoms with van der Waals surface area (Å²) in [7, 11) is 0. The van der Waals surface area contributed by atoms with Gasteiger partial charge < -0.3 is 19.0 Å². The van der Waals surface area contributed by atoms with Crippen LogP contribution in [0.15, 0.2) is 47.2 Å². The van der Waals surface area contributed by atoms with Crippen molar-refractivity contribution in [2.45, 2.75) is 32.6 Å². The van der Waals surface area contributed by atoms with Crippen LogP contribution in [0.5, 0.6) is 5.75 Å². The maximum Gasteiger partial charge on any atom is 0.260 e. The van der Waals surface area contributed by atoms with E-state index in [1.165, 1.54) is 0 Å². The number of carbonyl (C=O) groups is 1. The molecule has 6 nitrogen and oxygen atoms in total. The molecule has 1 atom stereocenters. The summed E-state index contributed by atoms with van der Waals surface area (Å²) in [6.45, 7) is 9.29. The molecular formula is C23H31N3O3. The molecule has 0 bridgehead atoms. The molecule has 1 aromatic carbocycles. The Morgan fingerprint density at radius 1 is 1.28 bits per heavy atom. The first-order chi connectivity index (χ1) is 14.1. The van der Waals surface area contributed by atoms with Gasteiger partial charge in [-0.25, -0.2) is 4.98 Å². The van der Waals surface area contributed by atoms with Gasteiger partial charge >= 0.3 is 0 Å². The third kappa shape index (κ3) is 4.47. The summed E-state index contributed by atoms with van der Waals surface area (Å²) in [5.41, 5.74) is 0.136. The third-order valence-electron chi connectivity index (χ3n) is 6.31. The Morgan fingerprint density at radius 3 is 2.69 bits per heavy atom. The zero-order valence-corrected chi connectivity index (χ0v) is 17.4. The SMILES string of the molecule is CC(C)CN1CC(c2ncco2)C2(CCN(C(=O)COc3ccccc3)CC2)C1. The van der Waals surface area contributed by atoms with E-state index in [1.807, 2.05) is 35.2 Å². The van der Waals surface area contributed by atoms with Gasteiger partial charge in [0, 0.05) is 32.7 Å². The van der Waals surface area contributed by atoms with E-state index in [1.54, 1.807) is 12.5 Å². The molecule has 2 fully saturated rings. The number of aromatic nitrogens is 1. The van der Waals surface area contributed by atoms with Crippen LogP contribution in [0.4, 0.5) is 0 Å². The van der Waals surface area contributed by atoms with Crippen LogP contribution in [0.2, 0.25) is 0 Å². The number of likely N-dealkylation sites (tertiary alicyclic amines) is 2. The fourth-order valence-corrected chi connectivity index (χ4v) is 4.94. The zero-order valence-electron chi connectivity index (χ0n) is 17.4. The number of piperidine rings is 1. The Hall–Kier alpha value is -2.34. The lowest BCUT2D eigenvalue weighted by Gasteiger charge is -2.42. The van der Waals surface area contributed by atoms with Gasteiger partial charge in [-0.1, -0.05) is 32.0 Å². The average Bonchev–Trinajstić information content (AvgIpc) is 3.35. The van der Waals surface area contributed by atoms with Gasteiger partial charge in [-0.15, -0.1) is 0 Å². The largest absolute Gasteiger partial charge is 0.484 e. The Morgan fingerprint density at radius 2 is 2.03 bits per heavy atom. The molecule has 0 saturated carbocycles. The van der Waals surface area contributed by atoms with Crippen molar-refractivity contribution >= 4 is 5.91 Å². The molecule has 2 aromatic rings. The molecule has 0 N–H and O–H groups in total. The molecule has 0 aliphatic carbocycles. The smallest absolute Gasteiger partial charge is 0.260 e. The molecule has 2 aliphatic rings. The lowest BCUT2D eigenvalue weighted by Crippen LogP contribution is -2.47. The highest BCUT2D eigenvalue weighted by Crippen LogP contribution is 2.49. The van der Waals surface area contributed by atoms with Crippen LogP contribution in [0.1, 0.15) is 38.5 Å². The summed E-state index contributed by atoms with van der Waals surface area (Å²) in [6.07, 6.45) is 5.37. The van der Waals surface area contributed by atoms with E-state index in [4.69, 9.17) is 9.15 Å². The summed E-state index contributed by atoms with van der Waals surface area (Å²) in [5.74, 6) is 2.58. The summed E-state index contributed by atoms with van der Waals surface area (Å²) in [4.78, 5) is 21.6. The first-order valence-corrected chi connectivity index (χ1v) is 10.6. The number of hydrogen-bond acceptors (Lipinski definition) is 5. The first-order valence-electron chi connectivity index (χ1n) is 10.6. The van der Waals surface area contributed by atoms with Crippen LogP contribution in [0.25, 0.3) is 0 Å². The molecule has 0 radical (unpaired) electrons. The van der Waals surface area contributed by atoms with Gasteiger partial charge in [-0.3, -0.25) is 4.79 Å². The molecule has 4 rings (SSSR count). The van der Waals surface area contributed by atoms with Crippen molar-refractivity contribution in [3.8, 4) is 5.75 Å². The van der Waals surface area contributed by atoms with Gasteiger partial charge in [0.2, 0.25) is 0 Å². The summed E-state index contributed by atoms with van der Waals surface area (Å²) in [5, 5.41) is 0. The number of oxazole rings is 1. The molecular weight excluding hydrogens is 366 g/mol. The van der Waals surface area contributed by atoms with Crippen LogP contribution in [0.3, 0.4) is 0 Å². The number of carbonyl (C=O) groups excluding carboxylic acids is 1. The lowest BCUT2D eigenvalue weighted by atomic mass is 9.70. The number of benzene rings is 1. The molecule has 2 aliphatic heterocycles. The number of para-hydroxylation sites is 1. The van der Waals surface area contributed by atoms with Gasteiger partial charge in [0.25, 0.3) is 5.91 Å². The Bertz CT molecular complexity index is 783. The summed E-state index contributed by atoms with van der Waals surface area (Å²) in [6, 6.07) is 9.52. The van der Waals surface area contributed by atoms with Crippen molar-refractivity contribution in [2.24, 2.45) is 11.3 Å². The van der Waals surface area contributed by atoms with Crippen LogP contribution in [-0.4, -0.2) is 60.0 Å². The van der Waals surface area contributed by atoms with Crippen molar-refractivity contribution in [1.29, 1.82) is 0 Å². The van der Waals surface area contributed by atoms with Gasteiger partial charge in [0.05, 0.1) is 12.1 Å². The number of rotatable bonds is 6. The highest BCUT2D eigenvalue weighted by atomic mass is 16.5. The number of amides is 1. The number of nitrogens with zero attached hydrogens (tertiary/aromatic N) is 3. The maximum atomic E-state index is 12.7. The third-order valence-corrected chi connectivity index (χ3v) is 6.31. The second-order valence-electron chi connectivity index (χ2n) is 8.86. The first kappa shape index (κ1) is 20.0. The second-order valence-corrected chi connectivity index (χ2v) is 8.86. The molecule has 3 heterocycles. The predicted octanol–water partition coefficient (Wildman–Crippen LogP) is 3.42. The van der Waals surface area contributed by atoms with Crippen molar-refractivity contribution < 1.29 is 13.9 Å². The lowest BCUT2D eigenvalue weighted by molar-refractivity contribution is -0.135. The Balaban J connectivity index is 1.38. The van der Waals surface area contributed by atoms with Gasteiger partial charge in [-0.2, -0.15) is 0 Å². The average molecular weight is 398 g/mol. The zero-order chi connectivity index (χ0) is 20.3. The van der Waals surface area contributed by atoms with E-state index >= 15 is 0 Å². The minimum absolute atomic E-state index is 0.0633. The van der Waals surface area contributed by atoms with Crippen molar-refractivity contribution in [2.75, 3.05) is 39.3 Å². The molecule has 156 valence electrons. The summed E-state index contributed by atoms with van der Waals surface area (Å²) < 4.78 is 11.4. The van der Waals surface area contributed by atoms with E-state index in [2.05, 4.69) is 23.7 Å². The fourth-order valence-electron chi connectivity index (χ4n) is 4.94. The van der Waals surface area contributed by atoms with E-state index in [-0.39, 0.29) is 17.9 Å². The monoisotopic (exact) mass is 397 g/mol. The van der Waals surface area contributed by atoms with Crippen LogP contribution >= 0.6 is 0 Å². The summed E-state index contributed by atoms with van der Waals surface area (Å²) >= 11 is 0. The Kier molecular flexibility index (Phi) is 5.90. The maximum absolute atomic E-state index is 12.7. The highest BCUT2D eigenvalue weighted by Gasteiger charge is 2.50. The minimum atomic E-state index is 0.0633. The molecule has 6 heteroatoms. The number of ether oxygens (including phenoxy) is 1. The van der Waals surface area contributed by atoms with Crippen LogP contribution in [0, 0.1) is 11.3 Å². The van der Waals surface area contributed by atoms with Gasteiger partial charge in [0.15, 0.2) is 12.5 Å². The van der Waals surface area contributed by atoms with E-state index in [0.717, 1.165) is 57.2 Å². The highest BCUT2D eigenvalue weighted by molar-refractivity contribution is 5.77. The molecule has 1 spiro atoms. The van der Waals surface area contributed by atoms with E-state index in [9.17, 15) is 4.79 Å². The van der Waals surface area contributed by atoms with E-state index < -0.39 is 0 Å². The van der Waals surface area contributed by atoms with Crippen molar-refractivity contribution in [3.63, 3.8) is 0 Å². The molecule has 1 amide bonds. The molecule has 29 heavy (non-hydrogen) atoms. The van der Waals surface area contributed by atoms with Crippen LogP contribution in [-0.2, 0) is 4.79 Å². The fraction of sp³-hybridized carbons (Fsp3) is 0.565. The predicted molar refractivity (Wildman–Crippen MR) is 111 cm³/mol. The van der Waals surface area contributed by atoms with Gasteiger partial charge in [0.1, 0.15) is 12.0 Å². The minimum Gasteiger partial charge on any atom is -0.484 e. The van der Waals surface area contributed by atoms with Crippen molar-refractivity contribution in [3.05, 3.63) is 48.7 Å². The van der Waals surface area contributed by atoms with Crippen molar-refractivity contribution in [1.82, 2.24) is 14.8 Å². The van der Waals surface area contributed by atoms with E-state index in [0.29, 0.717) is 11.8 Å².